The Morgan fingerprint density at radius 2 is 0.812 bits per heavy atom. The van der Waals surface area contributed by atoms with Gasteiger partial charge in [0.1, 0.15) is 0 Å². The predicted octanol–water partition coefficient (Wildman–Crippen LogP) is 18.9. The number of pyridine rings is 5. The number of hydrogen-bond donors (Lipinski definition) is 4. The molecule has 4 N–H and O–H groups in total. The number of ketones is 1. The van der Waals surface area contributed by atoms with Gasteiger partial charge in [-0.05, 0) is 140 Å². The van der Waals surface area contributed by atoms with Gasteiger partial charge in [-0.3, -0.25) is 45.2 Å². The number of aliphatic hydroxyl groups excluding tert-OH is 1. The van der Waals surface area contributed by atoms with Crippen molar-refractivity contribution in [2.75, 3.05) is 0 Å². The third-order valence-electron chi connectivity index (χ3n) is 15.1. The molecule has 6 aromatic carbocycles. The van der Waals surface area contributed by atoms with Gasteiger partial charge in [-0.2, -0.15) is 15.3 Å². The Morgan fingerprint density at radius 1 is 0.419 bits per heavy atom. The minimum absolute atomic E-state index is 0. The fourth-order valence-corrected chi connectivity index (χ4v) is 10.5. The molecule has 0 bridgehead atoms. The quantitative estimate of drug-likeness (QED) is 0.0453. The van der Waals surface area contributed by atoms with E-state index in [2.05, 4.69) is 101 Å². The van der Waals surface area contributed by atoms with E-state index in [4.69, 9.17) is 20.4 Å². The molecule has 5 radical (unpaired) electrons. The maximum Gasteiger partial charge on any atom is 0.356 e. The van der Waals surface area contributed by atoms with Gasteiger partial charge in [0.2, 0.25) is 0 Å². The fraction of sp³-hybridized carbons (Fsp3) is 0.116. The SMILES string of the molecule is CC(=O)C=C(C)O.Cc1cc(C(=O)O)nn1C.Cc1cc(C(=O)O)nn1C.Cc1cc(C(=O)O)nn1C.Cc1ccnc(-c2[c-]cc(F)cc2F)c1.Cc1ccnc(-c2[c-]cc(F)cc2F)c1.Fc1c[c-]c(-c2ccccn2)c(F)c1.[Ir].[Ir].[Ir].[Ir].[Ir].[c-]1c(-c2ccccn2)sc2ccccc12.[c-]1ccccc1-c1nccc2ccccc12. The zero-order chi connectivity index (χ0) is 81.6. The number of aromatic carboxylic acids is 3. The molecule has 117 heavy (non-hydrogen) atoms. The first-order chi connectivity index (χ1) is 53.4. The summed E-state index contributed by atoms with van der Waals surface area (Å²) >= 11 is 1.73. The number of aromatic nitrogens is 11. The number of benzene rings is 6. The number of aryl methyl sites for hydroxylation is 8. The third kappa shape index (κ3) is 33.1. The molecule has 0 atom stereocenters. The first-order valence-electron chi connectivity index (χ1n) is 33.5. The maximum atomic E-state index is 13.4. The summed E-state index contributed by atoms with van der Waals surface area (Å²) in [5, 5.41) is 48.4. The number of thiophene rings is 1. The van der Waals surface area contributed by atoms with Crippen LogP contribution < -0.4 is 0 Å². The zero-order valence-electron chi connectivity index (χ0n) is 63.6. The first kappa shape index (κ1) is 102. The molecule has 9 aromatic heterocycles. The number of carboxylic acids is 3. The van der Waals surface area contributed by atoms with Gasteiger partial charge in [-0.15, -0.1) is 95.9 Å². The number of carboxylic acid groups (broad SMARTS) is 3. The smallest absolute Gasteiger partial charge is 0.356 e. The molecule has 15 rings (SSSR count). The van der Waals surface area contributed by atoms with Gasteiger partial charge in [0.15, 0.2) is 22.9 Å². The summed E-state index contributed by atoms with van der Waals surface area (Å²) in [7, 11) is 5.13. The van der Waals surface area contributed by atoms with Crippen molar-refractivity contribution in [3.8, 4) is 55.6 Å². The number of allylic oxidation sites excluding steroid dienone is 2. The van der Waals surface area contributed by atoms with Crippen LogP contribution >= 0.6 is 11.3 Å². The molecule has 0 aliphatic rings. The number of carbonyl (C=O) groups is 4. The first-order valence-corrected chi connectivity index (χ1v) is 34.4. The third-order valence-corrected chi connectivity index (χ3v) is 16.2. The van der Waals surface area contributed by atoms with Crippen LogP contribution in [0.2, 0.25) is 0 Å². The molecule has 0 saturated carbocycles. The van der Waals surface area contributed by atoms with E-state index in [1.165, 1.54) is 73.0 Å². The Labute approximate surface area is 742 Å². The summed E-state index contributed by atoms with van der Waals surface area (Å²) in [5.41, 5.74) is 9.76. The van der Waals surface area contributed by atoms with Crippen molar-refractivity contribution < 1.29 is 166 Å². The molecule has 9 heterocycles. The van der Waals surface area contributed by atoms with Crippen LogP contribution in [0.3, 0.4) is 0 Å². The van der Waals surface area contributed by atoms with Gasteiger partial charge < -0.3 is 45.3 Å². The van der Waals surface area contributed by atoms with E-state index in [9.17, 15) is 45.5 Å². The summed E-state index contributed by atoms with van der Waals surface area (Å²) in [5.74, 6) is -6.86. The molecule has 31 heteroatoms. The number of hydrogen-bond acceptors (Lipinski definition) is 14. The Balaban J connectivity index is 0.000000448. The van der Waals surface area contributed by atoms with Gasteiger partial charge in [-0.25, -0.2) is 25.7 Å². The number of rotatable bonds is 9. The normalized spacial score (nSPS) is 9.86. The van der Waals surface area contributed by atoms with Crippen molar-refractivity contribution >= 4 is 55.9 Å². The Bertz CT molecular complexity index is 5390. The maximum absolute atomic E-state index is 13.4. The second-order valence-electron chi connectivity index (χ2n) is 23.9. The van der Waals surface area contributed by atoms with Crippen LogP contribution in [-0.4, -0.2) is 98.4 Å². The number of nitrogens with zero attached hydrogens (tertiary/aromatic N) is 11. The van der Waals surface area contributed by atoms with Crippen LogP contribution in [0, 0.1) is 99.9 Å². The molecule has 0 spiro atoms. The molecule has 0 saturated heterocycles. The van der Waals surface area contributed by atoms with Crippen LogP contribution in [0.25, 0.3) is 76.5 Å². The van der Waals surface area contributed by atoms with Gasteiger partial charge in [0.25, 0.3) is 0 Å². The van der Waals surface area contributed by atoms with E-state index in [0.29, 0.717) is 17.1 Å². The monoisotopic (exact) mass is 2500 g/mol. The minimum Gasteiger partial charge on any atom is -0.512 e. The summed E-state index contributed by atoms with van der Waals surface area (Å²) in [6, 6.07) is 69.2. The largest absolute Gasteiger partial charge is 0.512 e. The van der Waals surface area contributed by atoms with Crippen LogP contribution in [-0.2, 0) is 126 Å². The second kappa shape index (κ2) is 51.4. The van der Waals surface area contributed by atoms with Crippen molar-refractivity contribution in [1.82, 2.24) is 54.3 Å². The van der Waals surface area contributed by atoms with Crippen molar-refractivity contribution in [2.24, 2.45) is 21.1 Å². The van der Waals surface area contributed by atoms with E-state index >= 15 is 0 Å². The standard InChI is InChI=1S/C15H10N.C13H8NS.2C12H8F2N.C11H6F2N.3C6H8N2O2.C5H8O2.5Ir/c1-2-7-13(8-3-1)15-14-9-5-4-6-12(14)10-11-16-15;1-2-7-12-10(5-1)9-13(15-12)11-6-3-4-8-14-11;2*1-8-4-5-15-12(6-8)10-3-2-9(13)7-11(10)14;12-8-4-5-9(10(13)7-8)11-3-1-2-6-14-11;3*1-4-3-5(6(9)10)7-8(4)2;1-4(6)3-5(2)7;;;;;/h1-7,9-11H;1-8H;2*2,4-7H,1H3;1-4,6-7H;3*3H,1-2H3,(H,9,10);3,6H,1-2H3;;;;;/q5*-1;;;;;;;;;. The van der Waals surface area contributed by atoms with E-state index in [1.54, 1.807) is 102 Å². The average Bonchev–Trinajstić information content (AvgIpc) is 1.80. The summed E-state index contributed by atoms with van der Waals surface area (Å²) in [6.07, 6.45) is 9.54. The molecule has 0 aliphatic carbocycles. The molecule has 15 aromatic rings. The molecular formula is C86H72F6Ir5N11O8S-5. The predicted molar refractivity (Wildman–Crippen MR) is 416 cm³/mol. The number of aliphatic hydroxyl groups is 1. The van der Waals surface area contributed by atoms with Crippen LogP contribution in [0.4, 0.5) is 26.3 Å². The molecule has 19 nitrogen and oxygen atoms in total. The number of halogens is 6. The Kier molecular flexibility index (Phi) is 45.0. The van der Waals surface area contributed by atoms with Gasteiger partial charge in [-0.1, -0.05) is 119 Å². The summed E-state index contributed by atoms with van der Waals surface area (Å²) < 4.78 is 83.7. The topological polar surface area (TPSA) is 267 Å². The van der Waals surface area contributed by atoms with E-state index < -0.39 is 52.8 Å². The summed E-state index contributed by atoms with van der Waals surface area (Å²) in [6.45, 7) is 12.0. The van der Waals surface area contributed by atoms with Crippen molar-refractivity contribution in [1.29, 1.82) is 0 Å². The van der Waals surface area contributed by atoms with Gasteiger partial charge in [0, 0.05) is 216 Å². The minimum atomic E-state index is -0.983. The molecule has 0 amide bonds. The molecule has 0 fully saturated rings. The van der Waals surface area contributed by atoms with Crippen LogP contribution in [0.15, 0.2) is 237 Å². The van der Waals surface area contributed by atoms with Crippen LogP contribution in [0.1, 0.15) is 73.5 Å². The zero-order valence-corrected chi connectivity index (χ0v) is 76.4. The second-order valence-corrected chi connectivity index (χ2v) is 24.9. The van der Waals surface area contributed by atoms with E-state index in [0.717, 1.165) is 86.4 Å². The van der Waals surface area contributed by atoms with E-state index in [-0.39, 0.29) is 146 Å². The molecular weight excluding hydrogens is 2420 g/mol. The molecule has 0 aliphatic heterocycles. The number of carbonyl (C=O) groups excluding carboxylic acids is 1. The van der Waals surface area contributed by atoms with E-state index in [1.807, 2.05) is 105 Å². The average molecular weight is 2490 g/mol. The van der Waals surface area contributed by atoms with Crippen molar-refractivity contribution in [2.45, 2.75) is 48.5 Å². The molecule has 617 valence electrons. The summed E-state index contributed by atoms with van der Waals surface area (Å²) in [4.78, 5) is 62.7. The van der Waals surface area contributed by atoms with Crippen LogP contribution in [0.5, 0.6) is 0 Å². The van der Waals surface area contributed by atoms with Crippen molar-refractivity contribution in [3.05, 3.63) is 347 Å². The Hall–Kier alpha value is -10.6. The van der Waals surface area contributed by atoms with Gasteiger partial charge in [0.05, 0.1) is 5.76 Å². The fourth-order valence-electron chi connectivity index (χ4n) is 9.47. The number of fused-ring (bicyclic) bond motifs is 2. The van der Waals surface area contributed by atoms with Gasteiger partial charge >= 0.3 is 17.9 Å². The molecule has 0 unspecified atom stereocenters. The van der Waals surface area contributed by atoms with Crippen molar-refractivity contribution in [3.63, 3.8) is 0 Å². The Morgan fingerprint density at radius 3 is 1.16 bits per heavy atom.